The molecule has 1 fully saturated rings. The smallest absolute Gasteiger partial charge is 0.273 e. The number of aromatic nitrogens is 1. The van der Waals surface area contributed by atoms with Gasteiger partial charge in [-0.2, -0.15) is 0 Å². The average Bonchev–Trinajstić information content (AvgIpc) is 2.90. The van der Waals surface area contributed by atoms with Gasteiger partial charge in [-0.3, -0.25) is 4.79 Å². The van der Waals surface area contributed by atoms with Crippen LogP contribution in [0.2, 0.25) is 0 Å². The van der Waals surface area contributed by atoms with Crippen LogP contribution in [0.15, 0.2) is 28.7 Å². The Balaban J connectivity index is 1.75. The fourth-order valence-electron chi connectivity index (χ4n) is 2.49. The number of aryl methyl sites for hydroxylation is 1. The average molecular weight is 301 g/mol. The first-order chi connectivity index (χ1) is 10.6. The van der Waals surface area contributed by atoms with E-state index in [2.05, 4.69) is 20.5 Å². The molecule has 0 atom stereocenters. The largest absolute Gasteiger partial charge is 0.424 e. The van der Waals surface area contributed by atoms with Gasteiger partial charge < -0.3 is 25.7 Å². The van der Waals surface area contributed by atoms with Crippen LogP contribution in [-0.4, -0.2) is 37.1 Å². The standard InChI is InChI=1S/C15H19N5O2/c1-10-18-13(14(16)21)15(22-10)19-11-2-4-12(5-3-11)20-8-6-17-7-9-20/h2-5,17,19H,6-9H2,1H3,(H2,16,21). The van der Waals surface area contributed by atoms with Crippen LogP contribution in [0.4, 0.5) is 17.3 Å². The zero-order chi connectivity index (χ0) is 15.5. The fourth-order valence-corrected chi connectivity index (χ4v) is 2.49. The SMILES string of the molecule is Cc1nc(C(N)=O)c(Nc2ccc(N3CCNCC3)cc2)o1. The van der Waals surface area contributed by atoms with Crippen LogP contribution in [-0.2, 0) is 0 Å². The van der Waals surface area contributed by atoms with Crippen LogP contribution in [0.5, 0.6) is 0 Å². The molecule has 7 heteroatoms. The number of anilines is 3. The number of rotatable bonds is 4. The van der Waals surface area contributed by atoms with Gasteiger partial charge in [0.05, 0.1) is 0 Å². The topological polar surface area (TPSA) is 96.4 Å². The number of nitrogens with one attached hydrogen (secondary N) is 2. The number of amides is 1. The normalized spacial score (nSPS) is 14.9. The highest BCUT2D eigenvalue weighted by Crippen LogP contribution is 2.24. The van der Waals surface area contributed by atoms with Gasteiger partial charge in [0.15, 0.2) is 11.6 Å². The van der Waals surface area contributed by atoms with Crippen molar-refractivity contribution in [2.75, 3.05) is 36.4 Å². The highest BCUT2D eigenvalue weighted by molar-refractivity contribution is 5.95. The summed E-state index contributed by atoms with van der Waals surface area (Å²) in [5.74, 6) is 0.0606. The van der Waals surface area contributed by atoms with Crippen molar-refractivity contribution in [3.8, 4) is 0 Å². The van der Waals surface area contributed by atoms with E-state index in [4.69, 9.17) is 10.2 Å². The van der Waals surface area contributed by atoms with Crippen molar-refractivity contribution in [3.63, 3.8) is 0 Å². The Morgan fingerprint density at radius 2 is 2.00 bits per heavy atom. The summed E-state index contributed by atoms with van der Waals surface area (Å²) in [6.07, 6.45) is 0. The van der Waals surface area contributed by atoms with Gasteiger partial charge >= 0.3 is 0 Å². The van der Waals surface area contributed by atoms with Gasteiger partial charge in [-0.1, -0.05) is 0 Å². The zero-order valence-electron chi connectivity index (χ0n) is 12.4. The molecule has 0 radical (unpaired) electrons. The summed E-state index contributed by atoms with van der Waals surface area (Å²) in [5.41, 5.74) is 7.40. The van der Waals surface area contributed by atoms with Crippen molar-refractivity contribution in [1.29, 1.82) is 0 Å². The van der Waals surface area contributed by atoms with E-state index >= 15 is 0 Å². The Hall–Kier alpha value is -2.54. The van der Waals surface area contributed by atoms with Gasteiger partial charge in [0, 0.05) is 44.5 Å². The first-order valence-electron chi connectivity index (χ1n) is 7.23. The molecule has 4 N–H and O–H groups in total. The molecule has 1 aliphatic rings. The predicted molar refractivity (Wildman–Crippen MR) is 84.6 cm³/mol. The summed E-state index contributed by atoms with van der Waals surface area (Å²) in [7, 11) is 0. The van der Waals surface area contributed by atoms with Crippen molar-refractivity contribution in [2.24, 2.45) is 5.73 Å². The zero-order valence-corrected chi connectivity index (χ0v) is 12.4. The molecule has 1 saturated heterocycles. The van der Waals surface area contributed by atoms with Crippen LogP contribution >= 0.6 is 0 Å². The lowest BCUT2D eigenvalue weighted by molar-refractivity contribution is 0.0996. The van der Waals surface area contributed by atoms with Gasteiger partial charge in [0.25, 0.3) is 5.91 Å². The van der Waals surface area contributed by atoms with Crippen molar-refractivity contribution in [2.45, 2.75) is 6.92 Å². The van der Waals surface area contributed by atoms with E-state index < -0.39 is 5.91 Å². The number of primary amides is 1. The third-order valence-electron chi connectivity index (χ3n) is 3.57. The van der Waals surface area contributed by atoms with Gasteiger partial charge in [-0.05, 0) is 24.3 Å². The van der Waals surface area contributed by atoms with E-state index in [-0.39, 0.29) is 11.6 Å². The minimum absolute atomic E-state index is 0.115. The summed E-state index contributed by atoms with van der Waals surface area (Å²) >= 11 is 0. The maximum absolute atomic E-state index is 11.3. The molecular weight excluding hydrogens is 282 g/mol. The van der Waals surface area contributed by atoms with E-state index in [1.807, 2.05) is 24.3 Å². The molecule has 7 nitrogen and oxygen atoms in total. The molecule has 0 bridgehead atoms. The first-order valence-corrected chi connectivity index (χ1v) is 7.23. The Morgan fingerprint density at radius 3 is 2.64 bits per heavy atom. The molecule has 116 valence electrons. The molecule has 22 heavy (non-hydrogen) atoms. The van der Waals surface area contributed by atoms with E-state index in [9.17, 15) is 4.79 Å². The van der Waals surface area contributed by atoms with Crippen molar-refractivity contribution < 1.29 is 9.21 Å². The Kier molecular flexibility index (Phi) is 3.97. The predicted octanol–water partition coefficient (Wildman–Crippen LogP) is 1.24. The van der Waals surface area contributed by atoms with Crippen molar-refractivity contribution in [3.05, 3.63) is 35.9 Å². The molecular formula is C15H19N5O2. The van der Waals surface area contributed by atoms with Gasteiger partial charge in [0.1, 0.15) is 0 Å². The van der Waals surface area contributed by atoms with Gasteiger partial charge in [-0.15, -0.1) is 0 Å². The molecule has 3 rings (SSSR count). The van der Waals surface area contributed by atoms with E-state index in [0.29, 0.717) is 5.89 Å². The summed E-state index contributed by atoms with van der Waals surface area (Å²) in [4.78, 5) is 17.6. The Morgan fingerprint density at radius 1 is 1.32 bits per heavy atom. The quantitative estimate of drug-likeness (QED) is 0.786. The molecule has 1 aliphatic heterocycles. The van der Waals surface area contributed by atoms with Crippen molar-refractivity contribution in [1.82, 2.24) is 10.3 Å². The van der Waals surface area contributed by atoms with E-state index in [1.54, 1.807) is 6.92 Å². The summed E-state index contributed by atoms with van der Waals surface area (Å²) in [6, 6.07) is 7.97. The molecule has 0 unspecified atom stereocenters. The van der Waals surface area contributed by atoms with Crippen molar-refractivity contribution >= 4 is 23.2 Å². The Labute approximate surface area is 128 Å². The third-order valence-corrected chi connectivity index (χ3v) is 3.57. The molecule has 1 aromatic carbocycles. The molecule has 0 aliphatic carbocycles. The number of hydrogen-bond donors (Lipinski definition) is 3. The number of nitrogens with zero attached hydrogens (tertiary/aromatic N) is 2. The minimum atomic E-state index is -0.614. The maximum Gasteiger partial charge on any atom is 0.273 e. The number of oxazole rings is 1. The number of nitrogens with two attached hydrogens (primary N) is 1. The second kappa shape index (κ2) is 6.07. The van der Waals surface area contributed by atoms with Crippen LogP contribution in [0.1, 0.15) is 16.4 Å². The molecule has 0 saturated carbocycles. The van der Waals surface area contributed by atoms with Crippen LogP contribution in [0, 0.1) is 6.92 Å². The van der Waals surface area contributed by atoms with Gasteiger partial charge in [-0.25, -0.2) is 4.98 Å². The van der Waals surface area contributed by atoms with Crippen LogP contribution in [0.25, 0.3) is 0 Å². The molecule has 0 spiro atoms. The second-order valence-corrected chi connectivity index (χ2v) is 5.18. The highest BCUT2D eigenvalue weighted by atomic mass is 16.4. The third kappa shape index (κ3) is 3.04. The number of piperazine rings is 1. The van der Waals surface area contributed by atoms with Crippen LogP contribution in [0.3, 0.4) is 0 Å². The number of carbonyl (C=O) groups excluding carboxylic acids is 1. The number of carbonyl (C=O) groups is 1. The lowest BCUT2D eigenvalue weighted by Crippen LogP contribution is -2.43. The van der Waals surface area contributed by atoms with E-state index in [1.165, 1.54) is 5.69 Å². The minimum Gasteiger partial charge on any atom is -0.424 e. The fraction of sp³-hybridized carbons (Fsp3) is 0.333. The van der Waals surface area contributed by atoms with E-state index in [0.717, 1.165) is 31.9 Å². The second-order valence-electron chi connectivity index (χ2n) is 5.18. The lowest BCUT2D eigenvalue weighted by atomic mass is 10.2. The summed E-state index contributed by atoms with van der Waals surface area (Å²) < 4.78 is 5.38. The maximum atomic E-state index is 11.3. The summed E-state index contributed by atoms with van der Waals surface area (Å²) in [5, 5.41) is 6.37. The molecule has 1 amide bonds. The summed E-state index contributed by atoms with van der Waals surface area (Å²) in [6.45, 7) is 5.67. The van der Waals surface area contributed by atoms with Crippen LogP contribution < -0.4 is 21.3 Å². The first kappa shape index (κ1) is 14.4. The Bertz CT molecular complexity index is 659. The highest BCUT2D eigenvalue weighted by Gasteiger charge is 2.16. The lowest BCUT2D eigenvalue weighted by Gasteiger charge is -2.29. The number of hydrogen-bond acceptors (Lipinski definition) is 6. The van der Waals surface area contributed by atoms with Gasteiger partial charge in [0.2, 0.25) is 5.88 Å². The molecule has 2 heterocycles. The number of benzene rings is 1. The molecule has 2 aromatic rings. The monoisotopic (exact) mass is 301 g/mol. The molecule has 1 aromatic heterocycles.